The number of nitrogens with two attached hydrogens (primary N) is 1. The molecule has 1 aliphatic rings. The van der Waals surface area contributed by atoms with Crippen LogP contribution >= 0.6 is 15.9 Å². The van der Waals surface area contributed by atoms with E-state index in [-0.39, 0.29) is 6.04 Å². The van der Waals surface area contributed by atoms with E-state index in [1.807, 2.05) is 12.1 Å². The van der Waals surface area contributed by atoms with Crippen LogP contribution in [0.1, 0.15) is 18.7 Å². The van der Waals surface area contributed by atoms with Crippen molar-refractivity contribution in [1.29, 1.82) is 0 Å². The summed E-state index contributed by atoms with van der Waals surface area (Å²) in [5, 5.41) is 0. The molecule has 1 saturated heterocycles. The van der Waals surface area contributed by atoms with Crippen LogP contribution in [0.5, 0.6) is 0 Å². The third-order valence-corrected chi connectivity index (χ3v) is 3.93. The molecule has 2 atom stereocenters. The zero-order valence-corrected chi connectivity index (χ0v) is 12.0. The highest BCUT2D eigenvalue weighted by molar-refractivity contribution is 9.10. The van der Waals surface area contributed by atoms with E-state index in [4.69, 9.17) is 10.2 Å². The number of hydrogen-bond donors (Lipinski definition) is 1. The fourth-order valence-corrected chi connectivity index (χ4v) is 2.78. The van der Waals surface area contributed by atoms with Gasteiger partial charge in [0.05, 0.1) is 6.04 Å². The molecule has 5 heteroatoms. The van der Waals surface area contributed by atoms with Gasteiger partial charge in [-0.3, -0.25) is 4.90 Å². The van der Waals surface area contributed by atoms with Crippen molar-refractivity contribution in [2.24, 2.45) is 5.73 Å². The van der Waals surface area contributed by atoms with Gasteiger partial charge in [0.2, 0.25) is 0 Å². The predicted octanol–water partition coefficient (Wildman–Crippen LogP) is 1.68. The Bertz CT molecular complexity index is 368. The number of likely N-dealkylation sites (N-methyl/N-ethyl adjacent to an activating group) is 1. The molecule has 1 fully saturated rings. The summed E-state index contributed by atoms with van der Waals surface area (Å²) in [5.74, 6) is 1.000. The average molecular weight is 302 g/mol. The molecule has 2 heterocycles. The van der Waals surface area contributed by atoms with Crippen molar-refractivity contribution in [3.05, 3.63) is 22.6 Å². The molecule has 0 amide bonds. The molecule has 0 aromatic carbocycles. The van der Waals surface area contributed by atoms with E-state index >= 15 is 0 Å². The molecule has 0 radical (unpaired) electrons. The number of piperazine rings is 1. The van der Waals surface area contributed by atoms with Crippen LogP contribution in [0.3, 0.4) is 0 Å². The molecule has 2 unspecified atom stereocenters. The summed E-state index contributed by atoms with van der Waals surface area (Å²) in [6, 6.07) is 4.66. The van der Waals surface area contributed by atoms with E-state index < -0.39 is 0 Å². The number of rotatable bonds is 3. The van der Waals surface area contributed by atoms with E-state index in [0.717, 1.165) is 30.1 Å². The lowest BCUT2D eigenvalue weighted by Gasteiger charge is -2.42. The molecular formula is C12H20BrN3O. The van der Waals surface area contributed by atoms with Gasteiger partial charge in [-0.05, 0) is 42.0 Å². The molecule has 17 heavy (non-hydrogen) atoms. The second-order valence-corrected chi connectivity index (χ2v) is 5.49. The molecule has 1 aliphatic heterocycles. The van der Waals surface area contributed by atoms with E-state index in [9.17, 15) is 0 Å². The van der Waals surface area contributed by atoms with Gasteiger partial charge < -0.3 is 15.1 Å². The van der Waals surface area contributed by atoms with Crippen LogP contribution in [0.2, 0.25) is 0 Å². The third kappa shape index (κ3) is 2.91. The van der Waals surface area contributed by atoms with Crippen molar-refractivity contribution in [3.8, 4) is 0 Å². The first-order valence-corrected chi connectivity index (χ1v) is 6.80. The van der Waals surface area contributed by atoms with Gasteiger partial charge in [-0.2, -0.15) is 0 Å². The minimum Gasteiger partial charge on any atom is -0.453 e. The summed E-state index contributed by atoms with van der Waals surface area (Å²) < 4.78 is 6.43. The Morgan fingerprint density at radius 3 is 2.88 bits per heavy atom. The average Bonchev–Trinajstić information content (AvgIpc) is 2.75. The monoisotopic (exact) mass is 301 g/mol. The molecule has 2 rings (SSSR count). The molecule has 96 valence electrons. The summed E-state index contributed by atoms with van der Waals surface area (Å²) in [4.78, 5) is 4.77. The molecular weight excluding hydrogens is 282 g/mol. The minimum atomic E-state index is 0.281. The van der Waals surface area contributed by atoms with E-state index in [0.29, 0.717) is 12.6 Å². The maximum atomic E-state index is 5.87. The van der Waals surface area contributed by atoms with Crippen molar-refractivity contribution in [3.63, 3.8) is 0 Å². The summed E-state index contributed by atoms with van der Waals surface area (Å²) in [7, 11) is 2.15. The van der Waals surface area contributed by atoms with Crippen LogP contribution in [0.4, 0.5) is 0 Å². The lowest BCUT2D eigenvalue weighted by molar-refractivity contribution is 0.0538. The molecule has 0 aliphatic carbocycles. The minimum absolute atomic E-state index is 0.281. The quantitative estimate of drug-likeness (QED) is 0.923. The molecule has 0 saturated carbocycles. The Balaban J connectivity index is 2.09. The Hall–Kier alpha value is -0.360. The fourth-order valence-electron chi connectivity index (χ4n) is 2.46. The molecule has 4 nitrogen and oxygen atoms in total. The standard InChI is InChI=1S/C12H20BrN3O/c1-9(11-3-4-12(13)17-11)16-6-5-15(2)8-10(16)7-14/h3-4,9-10H,5-8,14H2,1-2H3. The first-order chi connectivity index (χ1) is 8.11. The van der Waals surface area contributed by atoms with Crippen molar-refractivity contribution in [2.75, 3.05) is 33.2 Å². The number of furan rings is 1. The number of halogens is 1. The van der Waals surface area contributed by atoms with Gasteiger partial charge in [0.25, 0.3) is 0 Å². The Morgan fingerprint density at radius 2 is 2.29 bits per heavy atom. The Morgan fingerprint density at radius 1 is 1.53 bits per heavy atom. The van der Waals surface area contributed by atoms with Crippen LogP contribution in [0.15, 0.2) is 21.2 Å². The van der Waals surface area contributed by atoms with Gasteiger partial charge in [0.1, 0.15) is 5.76 Å². The van der Waals surface area contributed by atoms with Gasteiger partial charge in [-0.1, -0.05) is 0 Å². The second kappa shape index (κ2) is 5.52. The molecule has 1 aromatic rings. The van der Waals surface area contributed by atoms with Gasteiger partial charge in [-0.15, -0.1) is 0 Å². The van der Waals surface area contributed by atoms with Crippen molar-refractivity contribution in [1.82, 2.24) is 9.80 Å². The van der Waals surface area contributed by atoms with Crippen LogP contribution in [0, 0.1) is 0 Å². The first kappa shape index (κ1) is 13.1. The highest BCUT2D eigenvalue weighted by Gasteiger charge is 2.29. The van der Waals surface area contributed by atoms with Crippen LogP contribution in [0.25, 0.3) is 0 Å². The maximum Gasteiger partial charge on any atom is 0.169 e. The van der Waals surface area contributed by atoms with Crippen molar-refractivity contribution >= 4 is 15.9 Å². The fraction of sp³-hybridized carbons (Fsp3) is 0.667. The van der Waals surface area contributed by atoms with E-state index in [1.54, 1.807) is 0 Å². The predicted molar refractivity (Wildman–Crippen MR) is 71.9 cm³/mol. The zero-order chi connectivity index (χ0) is 12.4. The normalized spacial score (nSPS) is 25.1. The molecule has 0 spiro atoms. The molecule has 1 aromatic heterocycles. The maximum absolute atomic E-state index is 5.87. The first-order valence-electron chi connectivity index (χ1n) is 6.01. The third-order valence-electron chi connectivity index (χ3n) is 3.51. The summed E-state index contributed by atoms with van der Waals surface area (Å²) in [6.45, 7) is 6.03. The van der Waals surface area contributed by atoms with Crippen molar-refractivity contribution < 1.29 is 4.42 Å². The Kier molecular flexibility index (Phi) is 4.25. The lowest BCUT2D eigenvalue weighted by atomic mass is 10.1. The highest BCUT2D eigenvalue weighted by atomic mass is 79.9. The zero-order valence-electron chi connectivity index (χ0n) is 10.4. The molecule has 2 N–H and O–H groups in total. The summed E-state index contributed by atoms with van der Waals surface area (Å²) in [6.07, 6.45) is 0. The topological polar surface area (TPSA) is 45.6 Å². The Labute approximate surface area is 111 Å². The second-order valence-electron chi connectivity index (χ2n) is 4.71. The van der Waals surface area contributed by atoms with Gasteiger partial charge in [0.15, 0.2) is 4.67 Å². The lowest BCUT2D eigenvalue weighted by Crippen LogP contribution is -2.55. The van der Waals surface area contributed by atoms with Gasteiger partial charge >= 0.3 is 0 Å². The largest absolute Gasteiger partial charge is 0.453 e. The van der Waals surface area contributed by atoms with Gasteiger partial charge in [0, 0.05) is 32.2 Å². The van der Waals surface area contributed by atoms with Crippen LogP contribution in [-0.4, -0.2) is 49.1 Å². The van der Waals surface area contributed by atoms with Gasteiger partial charge in [-0.25, -0.2) is 0 Å². The number of hydrogen-bond acceptors (Lipinski definition) is 4. The van der Waals surface area contributed by atoms with E-state index in [1.165, 1.54) is 0 Å². The van der Waals surface area contributed by atoms with Crippen LogP contribution in [-0.2, 0) is 0 Å². The summed E-state index contributed by atoms with van der Waals surface area (Å²) >= 11 is 3.35. The summed E-state index contributed by atoms with van der Waals surface area (Å²) in [5.41, 5.74) is 5.87. The highest BCUT2D eigenvalue weighted by Crippen LogP contribution is 2.27. The van der Waals surface area contributed by atoms with E-state index in [2.05, 4.69) is 39.7 Å². The van der Waals surface area contributed by atoms with Crippen LogP contribution < -0.4 is 5.73 Å². The smallest absolute Gasteiger partial charge is 0.169 e. The molecule has 0 bridgehead atoms. The number of nitrogens with zero attached hydrogens (tertiary/aromatic N) is 2. The SMILES string of the molecule is CC(c1ccc(Br)o1)N1CCN(C)CC1CN. The van der Waals surface area contributed by atoms with Crippen molar-refractivity contribution in [2.45, 2.75) is 19.0 Å².